The van der Waals surface area contributed by atoms with Crippen molar-refractivity contribution in [3.8, 4) is 0 Å². The highest BCUT2D eigenvalue weighted by Crippen LogP contribution is 2.15. The van der Waals surface area contributed by atoms with Gasteiger partial charge in [0, 0.05) is 36.4 Å². The molecule has 0 aliphatic heterocycles. The van der Waals surface area contributed by atoms with Gasteiger partial charge < -0.3 is 20.5 Å². The van der Waals surface area contributed by atoms with Gasteiger partial charge in [-0.25, -0.2) is 9.78 Å². The Morgan fingerprint density at radius 2 is 1.55 bits per heavy atom. The monoisotopic (exact) mass is 419 g/mol. The summed E-state index contributed by atoms with van der Waals surface area (Å²) in [4.78, 5) is 41.6. The third-order valence-corrected chi connectivity index (χ3v) is 4.71. The van der Waals surface area contributed by atoms with Crippen LogP contribution in [0.25, 0.3) is 0 Å². The highest BCUT2D eigenvalue weighted by Gasteiger charge is 2.24. The molecule has 0 saturated heterocycles. The lowest BCUT2D eigenvalue weighted by Gasteiger charge is -2.22. The summed E-state index contributed by atoms with van der Waals surface area (Å²) in [5.41, 5.74) is 1.63. The van der Waals surface area contributed by atoms with E-state index in [2.05, 4.69) is 20.9 Å². The van der Waals surface area contributed by atoms with Crippen molar-refractivity contribution in [2.75, 3.05) is 10.6 Å². The molecule has 2 aromatic carbocycles. The molecule has 0 radical (unpaired) electrons. The number of carbonyl (C=O) groups excluding carboxylic acids is 3. The minimum absolute atomic E-state index is 0.134. The van der Waals surface area contributed by atoms with E-state index < -0.39 is 12.1 Å². The van der Waals surface area contributed by atoms with E-state index in [1.807, 2.05) is 32.0 Å². The van der Waals surface area contributed by atoms with Gasteiger partial charge in [0.25, 0.3) is 0 Å². The normalized spacial score (nSPS) is 11.6. The number of aryl methyl sites for hydroxylation is 1. The van der Waals surface area contributed by atoms with E-state index in [0.717, 1.165) is 0 Å². The van der Waals surface area contributed by atoms with Crippen LogP contribution >= 0.6 is 0 Å². The molecule has 0 fully saturated rings. The van der Waals surface area contributed by atoms with Crippen molar-refractivity contribution >= 4 is 29.1 Å². The number of para-hydroxylation sites is 1. The van der Waals surface area contributed by atoms with Crippen molar-refractivity contribution in [3.63, 3.8) is 0 Å². The number of hydrogen-bond donors (Lipinski definition) is 3. The van der Waals surface area contributed by atoms with Crippen LogP contribution in [0.15, 0.2) is 67.0 Å². The maximum Gasteiger partial charge on any atom is 0.319 e. The van der Waals surface area contributed by atoms with Crippen LogP contribution in [0.4, 0.5) is 16.2 Å². The number of carbonyl (C=O) groups is 3. The molecule has 0 aliphatic rings. The van der Waals surface area contributed by atoms with E-state index in [4.69, 9.17) is 0 Å². The molecule has 0 spiro atoms. The van der Waals surface area contributed by atoms with E-state index in [1.54, 1.807) is 60.4 Å². The number of ketones is 1. The lowest BCUT2D eigenvalue weighted by molar-refractivity contribution is -0.118. The van der Waals surface area contributed by atoms with Gasteiger partial charge in [-0.3, -0.25) is 9.59 Å². The second kappa shape index (κ2) is 9.71. The Labute approximate surface area is 180 Å². The van der Waals surface area contributed by atoms with Crippen LogP contribution in [0.3, 0.4) is 0 Å². The first-order chi connectivity index (χ1) is 14.8. The quantitative estimate of drug-likeness (QED) is 0.510. The molecule has 1 atom stereocenters. The number of amides is 3. The minimum atomic E-state index is -0.738. The smallest absolute Gasteiger partial charge is 0.319 e. The second-order valence-corrected chi connectivity index (χ2v) is 7.44. The number of benzene rings is 2. The van der Waals surface area contributed by atoms with Gasteiger partial charge in [0.1, 0.15) is 6.04 Å². The summed E-state index contributed by atoms with van der Waals surface area (Å²) < 4.78 is 1.65. The zero-order valence-corrected chi connectivity index (χ0v) is 17.6. The summed E-state index contributed by atoms with van der Waals surface area (Å²) in [7, 11) is 1.75. The molecule has 3 amide bonds. The fraction of sp³-hybridized carbons (Fsp3) is 0.217. The first-order valence-electron chi connectivity index (χ1n) is 9.90. The molecular formula is C23H25N5O3. The van der Waals surface area contributed by atoms with Gasteiger partial charge in [-0.1, -0.05) is 32.0 Å². The minimum Gasteiger partial charge on any atom is -0.331 e. The zero-order valence-electron chi connectivity index (χ0n) is 17.6. The Balaban J connectivity index is 1.63. The van der Waals surface area contributed by atoms with Gasteiger partial charge in [-0.15, -0.1) is 0 Å². The number of rotatable bonds is 7. The molecule has 8 heteroatoms. The summed E-state index contributed by atoms with van der Waals surface area (Å²) in [6.07, 6.45) is 3.27. The molecule has 3 rings (SSSR count). The fourth-order valence-corrected chi connectivity index (χ4v) is 3.00. The van der Waals surface area contributed by atoms with Gasteiger partial charge >= 0.3 is 6.03 Å². The van der Waals surface area contributed by atoms with Gasteiger partial charge in [-0.05, 0) is 42.3 Å². The maximum atomic E-state index is 12.8. The number of nitrogens with zero attached hydrogens (tertiary/aromatic N) is 2. The predicted octanol–water partition coefficient (Wildman–Crippen LogP) is 3.44. The number of imidazole rings is 1. The van der Waals surface area contributed by atoms with Crippen molar-refractivity contribution in [1.29, 1.82) is 0 Å². The third-order valence-electron chi connectivity index (χ3n) is 4.71. The summed E-state index contributed by atoms with van der Waals surface area (Å²) in [5.74, 6) is -0.345. The van der Waals surface area contributed by atoms with Crippen molar-refractivity contribution < 1.29 is 14.4 Å². The standard InChI is InChI=1S/C23H25N5O3/c1-15(2)19(27-23(31)26-17-7-5-4-6-8-17)22(30)25-18-11-9-16(10-12-18)20(29)21-24-13-14-28(21)3/h4-15,19H,1-3H3,(H,25,30)(H2,26,27,31). The number of nitrogens with one attached hydrogen (secondary N) is 3. The Bertz CT molecular complexity index is 1060. The topological polar surface area (TPSA) is 105 Å². The average Bonchev–Trinajstić information content (AvgIpc) is 3.18. The lowest BCUT2D eigenvalue weighted by atomic mass is 10.0. The van der Waals surface area contributed by atoms with E-state index in [1.165, 1.54) is 0 Å². The van der Waals surface area contributed by atoms with Gasteiger partial charge in [0.05, 0.1) is 0 Å². The van der Waals surface area contributed by atoms with E-state index in [-0.39, 0.29) is 17.6 Å². The van der Waals surface area contributed by atoms with E-state index in [9.17, 15) is 14.4 Å². The van der Waals surface area contributed by atoms with Gasteiger partial charge in [0.2, 0.25) is 11.7 Å². The first-order valence-corrected chi connectivity index (χ1v) is 9.90. The Hall–Kier alpha value is -3.94. The van der Waals surface area contributed by atoms with Crippen molar-refractivity contribution in [2.45, 2.75) is 19.9 Å². The Kier molecular flexibility index (Phi) is 6.81. The average molecular weight is 419 g/mol. The first kappa shape index (κ1) is 21.8. The van der Waals surface area contributed by atoms with Crippen LogP contribution in [0.5, 0.6) is 0 Å². The summed E-state index contributed by atoms with van der Waals surface area (Å²) in [5, 5.41) is 8.21. The molecule has 0 aliphatic carbocycles. The molecule has 1 heterocycles. The third kappa shape index (κ3) is 5.57. The van der Waals surface area contributed by atoms with Crippen LogP contribution in [0.2, 0.25) is 0 Å². The predicted molar refractivity (Wildman–Crippen MR) is 119 cm³/mol. The van der Waals surface area contributed by atoms with Gasteiger partial charge in [0.15, 0.2) is 5.82 Å². The van der Waals surface area contributed by atoms with Crippen LogP contribution in [0.1, 0.15) is 30.0 Å². The van der Waals surface area contributed by atoms with E-state index in [0.29, 0.717) is 22.8 Å². The van der Waals surface area contributed by atoms with Crippen molar-refractivity contribution in [3.05, 3.63) is 78.4 Å². The van der Waals surface area contributed by atoms with Crippen LogP contribution in [-0.4, -0.2) is 33.3 Å². The zero-order chi connectivity index (χ0) is 22.4. The molecule has 1 aromatic heterocycles. The molecule has 3 N–H and O–H groups in total. The molecule has 0 bridgehead atoms. The SMILES string of the molecule is CC(C)C(NC(=O)Nc1ccccc1)C(=O)Nc1ccc(C(=O)c2nccn2C)cc1. The number of hydrogen-bond acceptors (Lipinski definition) is 4. The maximum absolute atomic E-state index is 12.8. The summed E-state index contributed by atoms with van der Waals surface area (Å²) >= 11 is 0. The Morgan fingerprint density at radius 3 is 2.13 bits per heavy atom. The fourth-order valence-electron chi connectivity index (χ4n) is 3.00. The molecule has 31 heavy (non-hydrogen) atoms. The molecular weight excluding hydrogens is 394 g/mol. The van der Waals surface area contributed by atoms with Crippen molar-refractivity contribution in [1.82, 2.24) is 14.9 Å². The van der Waals surface area contributed by atoms with E-state index >= 15 is 0 Å². The lowest BCUT2D eigenvalue weighted by Crippen LogP contribution is -2.48. The molecule has 160 valence electrons. The van der Waals surface area contributed by atoms with Gasteiger partial charge in [-0.2, -0.15) is 0 Å². The molecule has 1 unspecified atom stereocenters. The highest BCUT2D eigenvalue weighted by molar-refractivity contribution is 6.07. The summed E-state index contributed by atoms with van der Waals surface area (Å²) in [6, 6.07) is 14.4. The number of anilines is 2. The number of aromatic nitrogens is 2. The van der Waals surface area contributed by atoms with Crippen molar-refractivity contribution in [2.24, 2.45) is 13.0 Å². The number of urea groups is 1. The van der Waals surface area contributed by atoms with Crippen LogP contribution in [-0.2, 0) is 11.8 Å². The molecule has 8 nitrogen and oxygen atoms in total. The summed E-state index contributed by atoms with van der Waals surface area (Å²) in [6.45, 7) is 3.70. The Morgan fingerprint density at radius 1 is 0.903 bits per heavy atom. The van der Waals surface area contributed by atoms with Crippen LogP contribution < -0.4 is 16.0 Å². The largest absolute Gasteiger partial charge is 0.331 e. The second-order valence-electron chi connectivity index (χ2n) is 7.44. The molecule has 3 aromatic rings. The highest BCUT2D eigenvalue weighted by atomic mass is 16.2. The molecule has 0 saturated carbocycles. The van der Waals surface area contributed by atoms with Crippen LogP contribution in [0, 0.1) is 5.92 Å².